The van der Waals surface area contributed by atoms with Crippen molar-refractivity contribution in [1.82, 2.24) is 25.3 Å². The summed E-state index contributed by atoms with van der Waals surface area (Å²) in [6.45, 7) is 13.4. The van der Waals surface area contributed by atoms with Gasteiger partial charge in [-0.1, -0.05) is 12.1 Å². The summed E-state index contributed by atoms with van der Waals surface area (Å²) < 4.78 is 19.0. The van der Waals surface area contributed by atoms with E-state index >= 15 is 0 Å². The normalized spacial score (nSPS) is 20.0. The number of rotatable bonds is 9. The number of morpholine rings is 1. The van der Waals surface area contributed by atoms with E-state index in [2.05, 4.69) is 39.3 Å². The van der Waals surface area contributed by atoms with E-state index in [9.17, 15) is 4.39 Å². The Hall–Kier alpha value is -1.01. The molecule has 7 nitrogen and oxygen atoms in total. The van der Waals surface area contributed by atoms with Gasteiger partial charge in [-0.3, -0.25) is 9.89 Å². The number of nitrogens with one attached hydrogen (secondary N) is 2. The van der Waals surface area contributed by atoms with Crippen LogP contribution in [0.5, 0.6) is 0 Å². The first-order valence-corrected chi connectivity index (χ1v) is 12.2. The quantitative estimate of drug-likeness (QED) is 0.204. The summed E-state index contributed by atoms with van der Waals surface area (Å²) in [6, 6.07) is 6.95. The number of nitrogens with zero attached hydrogens (tertiary/aromatic N) is 4. The zero-order valence-corrected chi connectivity index (χ0v) is 22.6. The van der Waals surface area contributed by atoms with E-state index < -0.39 is 0 Å². The van der Waals surface area contributed by atoms with Crippen molar-refractivity contribution in [1.29, 1.82) is 0 Å². The van der Waals surface area contributed by atoms with E-state index in [0.717, 1.165) is 77.0 Å². The van der Waals surface area contributed by atoms with Crippen LogP contribution in [0, 0.1) is 5.82 Å². The zero-order chi connectivity index (χ0) is 22.6. The van der Waals surface area contributed by atoms with Crippen LogP contribution in [-0.2, 0) is 4.74 Å². The topological polar surface area (TPSA) is 55.4 Å². The maximum absolute atomic E-state index is 13.5. The molecule has 2 heterocycles. The average Bonchev–Trinajstić information content (AvgIpc) is 3.02. The van der Waals surface area contributed by atoms with Gasteiger partial charge in [-0.2, -0.15) is 0 Å². The summed E-state index contributed by atoms with van der Waals surface area (Å²) in [7, 11) is 2.21. The van der Waals surface area contributed by atoms with E-state index in [1.807, 2.05) is 12.1 Å². The molecular weight excluding hydrogens is 534 g/mol. The van der Waals surface area contributed by atoms with Crippen molar-refractivity contribution in [3.8, 4) is 0 Å². The summed E-state index contributed by atoms with van der Waals surface area (Å²) >= 11 is 0. The van der Waals surface area contributed by atoms with E-state index in [1.54, 1.807) is 0 Å². The van der Waals surface area contributed by atoms with E-state index in [0.29, 0.717) is 6.54 Å². The number of hydrogen-bond donors (Lipinski definition) is 2. The van der Waals surface area contributed by atoms with Crippen LogP contribution in [0.1, 0.15) is 31.4 Å². The molecule has 3 rings (SSSR count). The maximum Gasteiger partial charge on any atom is 0.191 e. The van der Waals surface area contributed by atoms with Gasteiger partial charge in [0, 0.05) is 39.3 Å². The fraction of sp³-hybridized carbons (Fsp3) is 0.708. The third-order valence-electron chi connectivity index (χ3n) is 6.26. The number of halogens is 2. The van der Waals surface area contributed by atoms with Crippen LogP contribution in [0.15, 0.2) is 29.3 Å². The lowest BCUT2D eigenvalue weighted by molar-refractivity contribution is 0.0179. The summed E-state index contributed by atoms with van der Waals surface area (Å²) in [4.78, 5) is 12.3. The van der Waals surface area contributed by atoms with Gasteiger partial charge in [0.2, 0.25) is 0 Å². The summed E-state index contributed by atoms with van der Waals surface area (Å²) in [6.07, 6.45) is 2.35. The number of benzene rings is 1. The van der Waals surface area contributed by atoms with Gasteiger partial charge in [0.25, 0.3) is 0 Å². The third-order valence-corrected chi connectivity index (χ3v) is 6.26. The molecule has 9 heteroatoms. The van der Waals surface area contributed by atoms with Gasteiger partial charge in [0.15, 0.2) is 5.96 Å². The minimum Gasteiger partial charge on any atom is -0.379 e. The Balaban J connectivity index is 0.00000385. The predicted molar refractivity (Wildman–Crippen MR) is 144 cm³/mol. The number of ether oxygens (including phenoxy) is 1. The fourth-order valence-corrected chi connectivity index (χ4v) is 4.36. The van der Waals surface area contributed by atoms with Gasteiger partial charge in [0.05, 0.1) is 25.8 Å². The number of guanidine groups is 1. The second kappa shape index (κ2) is 15.8. The molecular formula is C24H42FIN6O. The molecule has 33 heavy (non-hydrogen) atoms. The molecule has 2 aliphatic rings. The Morgan fingerprint density at radius 3 is 2.55 bits per heavy atom. The molecule has 188 valence electrons. The summed E-state index contributed by atoms with van der Waals surface area (Å²) in [5.41, 5.74) is 1.10. The molecule has 0 radical (unpaired) electrons. The van der Waals surface area contributed by atoms with Crippen LogP contribution >= 0.6 is 24.0 Å². The molecule has 2 fully saturated rings. The first-order chi connectivity index (χ1) is 15.7. The largest absolute Gasteiger partial charge is 0.379 e. The standard InChI is InChI=1S/C24H41FN6O.HI/c1-3-26-24(27-10-4-12-30-13-5-11-29(2)14-15-30)28-20-23(31-16-18-32-19-17-31)21-6-8-22(25)9-7-21;/h6-9,23H,3-5,10-20H2,1-2H3,(H2,26,27,28);1H. The zero-order valence-electron chi connectivity index (χ0n) is 20.3. The van der Waals surface area contributed by atoms with Gasteiger partial charge in [-0.05, 0) is 64.1 Å². The minimum absolute atomic E-state index is 0. The highest BCUT2D eigenvalue weighted by atomic mass is 127. The van der Waals surface area contributed by atoms with Crippen LogP contribution in [0.3, 0.4) is 0 Å². The molecule has 2 N–H and O–H groups in total. The predicted octanol–water partition coefficient (Wildman–Crippen LogP) is 2.40. The molecule has 0 amide bonds. The molecule has 1 aromatic rings. The van der Waals surface area contributed by atoms with Crippen LogP contribution < -0.4 is 10.6 Å². The Kier molecular flexibility index (Phi) is 13.5. The molecule has 0 spiro atoms. The lowest BCUT2D eigenvalue weighted by atomic mass is 10.0. The minimum atomic E-state index is -0.205. The molecule has 0 saturated carbocycles. The Labute approximate surface area is 216 Å². The molecule has 2 aliphatic heterocycles. The molecule has 2 saturated heterocycles. The molecule has 0 aliphatic carbocycles. The van der Waals surface area contributed by atoms with Gasteiger partial charge in [0.1, 0.15) is 5.82 Å². The van der Waals surface area contributed by atoms with Crippen LogP contribution in [0.2, 0.25) is 0 Å². The van der Waals surface area contributed by atoms with Gasteiger partial charge < -0.3 is 25.2 Å². The maximum atomic E-state index is 13.5. The van der Waals surface area contributed by atoms with Crippen molar-refractivity contribution >= 4 is 29.9 Å². The lowest BCUT2D eigenvalue weighted by Crippen LogP contribution is -2.42. The lowest BCUT2D eigenvalue weighted by Gasteiger charge is -2.34. The van der Waals surface area contributed by atoms with Crippen molar-refractivity contribution < 1.29 is 9.13 Å². The van der Waals surface area contributed by atoms with Crippen LogP contribution in [0.25, 0.3) is 0 Å². The number of likely N-dealkylation sites (N-methyl/N-ethyl adjacent to an activating group) is 1. The number of hydrogen-bond acceptors (Lipinski definition) is 5. The molecule has 0 aromatic heterocycles. The third kappa shape index (κ3) is 10.0. The molecule has 0 bridgehead atoms. The highest BCUT2D eigenvalue weighted by Crippen LogP contribution is 2.22. The van der Waals surface area contributed by atoms with Crippen molar-refractivity contribution in [2.45, 2.75) is 25.8 Å². The molecule has 1 aromatic carbocycles. The average molecular weight is 577 g/mol. The SMILES string of the molecule is CCNC(=NCC(c1ccc(F)cc1)N1CCOCC1)NCCCN1CCCN(C)CC1.I. The van der Waals surface area contributed by atoms with E-state index in [4.69, 9.17) is 9.73 Å². The van der Waals surface area contributed by atoms with Gasteiger partial charge >= 0.3 is 0 Å². The second-order valence-electron chi connectivity index (χ2n) is 8.71. The Morgan fingerprint density at radius 1 is 1.06 bits per heavy atom. The smallest absolute Gasteiger partial charge is 0.191 e. The summed E-state index contributed by atoms with van der Waals surface area (Å²) in [5, 5.41) is 6.87. The highest BCUT2D eigenvalue weighted by Gasteiger charge is 2.22. The van der Waals surface area contributed by atoms with Gasteiger partial charge in [-0.15, -0.1) is 24.0 Å². The molecule has 1 unspecified atom stereocenters. The second-order valence-corrected chi connectivity index (χ2v) is 8.71. The van der Waals surface area contributed by atoms with Crippen molar-refractivity contribution in [3.63, 3.8) is 0 Å². The van der Waals surface area contributed by atoms with E-state index in [1.165, 1.54) is 31.6 Å². The van der Waals surface area contributed by atoms with Crippen molar-refractivity contribution in [2.24, 2.45) is 4.99 Å². The first kappa shape index (κ1) is 28.2. The molecule has 1 atom stereocenters. The van der Waals surface area contributed by atoms with Crippen LogP contribution in [0.4, 0.5) is 4.39 Å². The van der Waals surface area contributed by atoms with Gasteiger partial charge in [-0.25, -0.2) is 4.39 Å². The highest BCUT2D eigenvalue weighted by molar-refractivity contribution is 14.0. The fourth-order valence-electron chi connectivity index (χ4n) is 4.36. The van der Waals surface area contributed by atoms with Crippen molar-refractivity contribution in [3.05, 3.63) is 35.6 Å². The monoisotopic (exact) mass is 576 g/mol. The Morgan fingerprint density at radius 2 is 1.82 bits per heavy atom. The van der Waals surface area contributed by atoms with Crippen LogP contribution in [-0.4, -0.2) is 106 Å². The van der Waals surface area contributed by atoms with Crippen molar-refractivity contribution in [2.75, 3.05) is 85.7 Å². The summed E-state index contributed by atoms with van der Waals surface area (Å²) in [5.74, 6) is 0.646. The van der Waals surface area contributed by atoms with E-state index in [-0.39, 0.29) is 35.8 Å². The first-order valence-electron chi connectivity index (χ1n) is 12.2. The number of aliphatic imine (C=N–C) groups is 1. The Bertz CT molecular complexity index is 686.